The van der Waals surface area contributed by atoms with E-state index in [4.69, 9.17) is 0 Å². The molecule has 0 bridgehead atoms. The molecule has 56 heavy (non-hydrogen) atoms. The van der Waals surface area contributed by atoms with Crippen molar-refractivity contribution in [3.8, 4) is 44.5 Å². The van der Waals surface area contributed by atoms with Crippen LogP contribution < -0.4 is 17.4 Å². The van der Waals surface area contributed by atoms with Crippen molar-refractivity contribution in [1.82, 2.24) is 0 Å². The van der Waals surface area contributed by atoms with Gasteiger partial charge in [0.25, 0.3) is 0 Å². The third kappa shape index (κ3) is 7.08. The first-order valence-corrected chi connectivity index (χ1v) is 30.3. The molecular weight excluding hydrogens is 972 g/mol. The molecule has 0 saturated heterocycles. The molecule has 8 aromatic carbocycles. The van der Waals surface area contributed by atoms with Gasteiger partial charge in [-0.15, -0.1) is 0 Å². The summed E-state index contributed by atoms with van der Waals surface area (Å²) in [5.74, 6) is 0. The Kier molecular flexibility index (Phi) is 9.55. The molecule has 282 valence electrons. The van der Waals surface area contributed by atoms with Gasteiger partial charge >= 0.3 is 332 Å². The summed E-state index contributed by atoms with van der Waals surface area (Å²) in [5, 5.41) is 4.74. The van der Waals surface area contributed by atoms with E-state index in [9.17, 15) is 47.7 Å². The molecule has 0 aromatic heterocycles. The SMILES string of the molecule is O=[As](O)(O)c1ccc(-c2cc(-c3ccc([As](=O)(O)O)cc3)c3ccc4c(-c5ccc([As](=O)(O)O)cc5)cc(-c5ccc([As](=O)(O)O)cc5)c5ccc2c3c54)cc1. The first kappa shape index (κ1) is 38.8. The molecular formula is C40H30As4O12. The van der Waals surface area contributed by atoms with E-state index in [0.717, 1.165) is 32.3 Å². The Labute approximate surface area is 329 Å². The van der Waals surface area contributed by atoms with Gasteiger partial charge in [0.15, 0.2) is 0 Å². The van der Waals surface area contributed by atoms with Gasteiger partial charge in [0.2, 0.25) is 0 Å². The van der Waals surface area contributed by atoms with Crippen molar-refractivity contribution in [3.05, 3.63) is 133 Å². The fourth-order valence-electron chi connectivity index (χ4n) is 7.29. The second-order valence-electron chi connectivity index (χ2n) is 13.4. The maximum absolute atomic E-state index is 12.1. The van der Waals surface area contributed by atoms with Gasteiger partial charge in [-0.25, -0.2) is 0 Å². The van der Waals surface area contributed by atoms with Gasteiger partial charge in [-0.2, -0.15) is 0 Å². The fourth-order valence-corrected chi connectivity index (χ4v) is 11.8. The molecule has 8 rings (SSSR count). The van der Waals surface area contributed by atoms with E-state index in [1.807, 2.05) is 36.4 Å². The summed E-state index contributed by atoms with van der Waals surface area (Å²) < 4.78 is 127. The van der Waals surface area contributed by atoms with E-state index in [1.165, 1.54) is 48.5 Å². The maximum atomic E-state index is 12.1. The zero-order valence-electron chi connectivity index (χ0n) is 28.7. The Morgan fingerprint density at radius 2 is 0.446 bits per heavy atom. The molecule has 0 unspecified atom stereocenters. The van der Waals surface area contributed by atoms with Crippen LogP contribution in [0.15, 0.2) is 133 Å². The summed E-state index contributed by atoms with van der Waals surface area (Å²) in [6.07, 6.45) is 0. The summed E-state index contributed by atoms with van der Waals surface area (Å²) in [6, 6.07) is 35.9. The first-order valence-electron chi connectivity index (χ1n) is 16.7. The van der Waals surface area contributed by atoms with Crippen LogP contribution in [0.1, 0.15) is 0 Å². The minimum absolute atomic E-state index is 0.0918. The van der Waals surface area contributed by atoms with Gasteiger partial charge < -0.3 is 0 Å². The Bertz CT molecular complexity index is 2630. The van der Waals surface area contributed by atoms with Gasteiger partial charge in [-0.05, 0) is 0 Å². The number of hydrogen-bond donors (Lipinski definition) is 8. The predicted molar refractivity (Wildman–Crippen MR) is 214 cm³/mol. The average molecular weight is 1000 g/mol. The van der Waals surface area contributed by atoms with Crippen molar-refractivity contribution < 1.29 is 47.7 Å². The molecule has 12 nitrogen and oxygen atoms in total. The monoisotopic (exact) mass is 1000 g/mol. The molecule has 0 heterocycles. The standard InChI is InChI=1S/C40H30As4O12/c45-41(46,47)27-9-1-23(2-10-27)35-21-36(24-3-11-28(12-4-24)42(48,49)50)32-19-20-34-38(26-7-15-30(16-8-26)44(54,55)56)22-37(33-18-17-31(35)39(32)40(33)34)25-5-13-29(14-6-25)43(51,52)53/h1-22H,(H2,45,46,47)(H2,48,49,50)(H2,51,52,53)(H2,54,55,56). The molecule has 8 aromatic rings. The Balaban J connectivity index is 1.49. The summed E-state index contributed by atoms with van der Waals surface area (Å²) in [7, 11) is 0. The Hall–Kier alpha value is -4.09. The molecule has 8 N–H and O–H groups in total. The molecule has 0 fully saturated rings. The number of benzene rings is 8. The predicted octanol–water partition coefficient (Wildman–Crippen LogP) is 1.50. The van der Waals surface area contributed by atoms with Crippen LogP contribution in [0.3, 0.4) is 0 Å². The summed E-state index contributed by atoms with van der Waals surface area (Å²) in [4.78, 5) is 0. The van der Waals surface area contributed by atoms with E-state index in [-0.39, 0.29) is 17.4 Å². The molecule has 0 saturated carbocycles. The Morgan fingerprint density at radius 3 is 0.607 bits per heavy atom. The van der Waals surface area contributed by atoms with Gasteiger partial charge in [-0.1, -0.05) is 0 Å². The van der Waals surface area contributed by atoms with Crippen molar-refractivity contribution in [2.45, 2.75) is 0 Å². The summed E-state index contributed by atoms with van der Waals surface area (Å²) in [6.45, 7) is 0. The molecule has 0 amide bonds. The second-order valence-corrected chi connectivity index (χ2v) is 26.8. The Morgan fingerprint density at radius 1 is 0.268 bits per heavy atom. The van der Waals surface area contributed by atoms with Crippen molar-refractivity contribution in [1.29, 1.82) is 0 Å². The van der Waals surface area contributed by atoms with Crippen LogP contribution in [0.25, 0.3) is 76.8 Å². The van der Waals surface area contributed by atoms with E-state index in [1.54, 1.807) is 48.5 Å². The van der Waals surface area contributed by atoms with Crippen molar-refractivity contribution in [3.63, 3.8) is 0 Å². The van der Waals surface area contributed by atoms with Crippen LogP contribution in [0.4, 0.5) is 0 Å². The van der Waals surface area contributed by atoms with Gasteiger partial charge in [0, 0.05) is 0 Å². The summed E-state index contributed by atoms with van der Waals surface area (Å²) in [5.41, 5.74) is 5.44. The number of rotatable bonds is 8. The third-order valence-electron chi connectivity index (χ3n) is 9.96. The average Bonchev–Trinajstić information content (AvgIpc) is 3.15. The van der Waals surface area contributed by atoms with Gasteiger partial charge in [0.05, 0.1) is 0 Å². The van der Waals surface area contributed by atoms with Crippen molar-refractivity contribution in [2.24, 2.45) is 0 Å². The van der Waals surface area contributed by atoms with Crippen LogP contribution in [0.5, 0.6) is 0 Å². The van der Waals surface area contributed by atoms with Crippen LogP contribution in [0.2, 0.25) is 0 Å². The van der Waals surface area contributed by atoms with E-state index < -0.39 is 56.7 Å². The van der Waals surface area contributed by atoms with Crippen molar-refractivity contribution >= 4 is 106 Å². The fraction of sp³-hybridized carbons (Fsp3) is 0. The van der Waals surface area contributed by atoms with Crippen LogP contribution >= 0.6 is 0 Å². The molecule has 0 aliphatic carbocycles. The van der Waals surface area contributed by atoms with E-state index in [0.29, 0.717) is 44.5 Å². The van der Waals surface area contributed by atoms with Crippen LogP contribution in [0, 0.1) is 0 Å². The molecule has 0 spiro atoms. The van der Waals surface area contributed by atoms with E-state index in [2.05, 4.69) is 0 Å². The molecule has 0 radical (unpaired) electrons. The first-order chi connectivity index (χ1) is 26.3. The quantitative estimate of drug-likeness (QED) is 0.0801. The van der Waals surface area contributed by atoms with Gasteiger partial charge in [-0.3, -0.25) is 0 Å². The molecule has 0 aliphatic rings. The zero-order chi connectivity index (χ0) is 39.9. The second kappa shape index (κ2) is 13.8. The van der Waals surface area contributed by atoms with E-state index >= 15 is 0 Å². The number of hydrogen-bond acceptors (Lipinski definition) is 4. The minimum atomic E-state index is -5.22. The zero-order valence-corrected chi connectivity index (χ0v) is 36.2. The molecule has 0 atom stereocenters. The molecule has 0 aliphatic heterocycles. The van der Waals surface area contributed by atoms with Crippen LogP contribution in [-0.4, -0.2) is 89.5 Å². The topological polar surface area (TPSA) is 230 Å². The van der Waals surface area contributed by atoms with Gasteiger partial charge in [0.1, 0.15) is 0 Å². The van der Waals surface area contributed by atoms with Crippen molar-refractivity contribution in [2.75, 3.05) is 0 Å². The van der Waals surface area contributed by atoms with Crippen LogP contribution in [-0.2, 0) is 15.0 Å². The molecule has 16 heteroatoms. The summed E-state index contributed by atoms with van der Waals surface area (Å²) >= 11 is -20.9. The normalized spacial score (nSPS) is 12.9. The third-order valence-corrected chi connectivity index (χ3v) is 18.1.